The first-order valence-corrected chi connectivity index (χ1v) is 9.73. The van der Waals surface area contributed by atoms with Crippen molar-refractivity contribution < 1.29 is 40.6 Å². The smallest absolute Gasteiger partial charge is 0.235 e. The van der Waals surface area contributed by atoms with Gasteiger partial charge < -0.3 is 18.6 Å². The second-order valence-corrected chi connectivity index (χ2v) is 7.09. The second kappa shape index (κ2) is 9.05. The van der Waals surface area contributed by atoms with Crippen LogP contribution >= 0.6 is 0 Å². The molecule has 0 aliphatic rings. The molecule has 1 heterocycles. The third-order valence-electron chi connectivity index (χ3n) is 4.95. The third kappa shape index (κ3) is 4.14. The van der Waals surface area contributed by atoms with Crippen LogP contribution in [-0.4, -0.2) is 7.11 Å². The van der Waals surface area contributed by atoms with Gasteiger partial charge in [0, 0.05) is 6.07 Å². The topological polar surface area (TPSA) is 57.9 Å². The molecule has 0 atom stereocenters. The molecule has 0 aliphatic heterocycles. The molecule has 0 radical (unpaired) electrons. The average Bonchev–Trinajstić information content (AvgIpc) is 2.84. The fourth-order valence-corrected chi connectivity index (χ4v) is 3.17. The highest BCUT2D eigenvalue weighted by Crippen LogP contribution is 2.29. The van der Waals surface area contributed by atoms with Crippen molar-refractivity contribution in [1.29, 1.82) is 0 Å². The zero-order valence-electron chi connectivity index (χ0n) is 17.7. The Morgan fingerprint density at radius 2 is 1.35 bits per heavy atom. The van der Waals surface area contributed by atoms with Crippen LogP contribution in [0.4, 0.5) is 22.0 Å². The van der Waals surface area contributed by atoms with Crippen molar-refractivity contribution in [2.45, 2.75) is 13.5 Å². The maximum absolute atomic E-state index is 13.8. The highest BCUT2D eigenvalue weighted by Gasteiger charge is 2.26. The third-order valence-corrected chi connectivity index (χ3v) is 4.95. The van der Waals surface area contributed by atoms with Crippen molar-refractivity contribution in [2.75, 3.05) is 7.11 Å². The largest absolute Gasteiger partial charge is 0.497 e. The van der Waals surface area contributed by atoms with Gasteiger partial charge in [-0.1, -0.05) is 0 Å². The lowest BCUT2D eigenvalue weighted by atomic mass is 10.1. The predicted octanol–water partition coefficient (Wildman–Crippen LogP) is 6.18. The first kappa shape index (κ1) is 23.1. The van der Waals surface area contributed by atoms with Crippen molar-refractivity contribution in [3.63, 3.8) is 0 Å². The molecular formula is C24H15F5O5. The van der Waals surface area contributed by atoms with E-state index in [0.717, 1.165) is 0 Å². The summed E-state index contributed by atoms with van der Waals surface area (Å²) in [6.07, 6.45) is 0. The van der Waals surface area contributed by atoms with Crippen LogP contribution in [0.25, 0.3) is 11.0 Å². The summed E-state index contributed by atoms with van der Waals surface area (Å²) < 4.78 is 89.2. The van der Waals surface area contributed by atoms with Gasteiger partial charge in [0.05, 0.1) is 18.1 Å². The minimum atomic E-state index is -2.26. The van der Waals surface area contributed by atoms with E-state index < -0.39 is 46.7 Å². The molecule has 4 rings (SSSR count). The Morgan fingerprint density at radius 1 is 0.794 bits per heavy atom. The van der Waals surface area contributed by atoms with E-state index in [0.29, 0.717) is 11.5 Å². The Kier molecular flexibility index (Phi) is 6.14. The number of hydrogen-bond donors (Lipinski definition) is 0. The van der Waals surface area contributed by atoms with Gasteiger partial charge >= 0.3 is 0 Å². The Hall–Kier alpha value is -4.08. The van der Waals surface area contributed by atoms with Crippen LogP contribution in [-0.2, 0) is 6.61 Å². The normalized spacial score (nSPS) is 11.0. The van der Waals surface area contributed by atoms with Crippen LogP contribution in [0.1, 0.15) is 11.3 Å². The fourth-order valence-electron chi connectivity index (χ4n) is 3.17. The van der Waals surface area contributed by atoms with Gasteiger partial charge in [0.25, 0.3) is 0 Å². The van der Waals surface area contributed by atoms with Crippen molar-refractivity contribution >= 4 is 11.0 Å². The van der Waals surface area contributed by atoms with Crippen molar-refractivity contribution in [3.8, 4) is 23.0 Å². The van der Waals surface area contributed by atoms with E-state index in [2.05, 4.69) is 0 Å². The van der Waals surface area contributed by atoms with Gasteiger partial charge in [0.1, 0.15) is 35.2 Å². The first-order valence-electron chi connectivity index (χ1n) is 9.73. The number of benzene rings is 3. The van der Waals surface area contributed by atoms with Crippen LogP contribution in [0.15, 0.2) is 51.7 Å². The number of aryl methyl sites for hydroxylation is 1. The zero-order valence-corrected chi connectivity index (χ0v) is 17.7. The SMILES string of the molecule is COc1ccc(Oc2c(C)oc3cc(OCc4c(F)c(F)c(F)c(F)c4F)ccc3c2=O)cc1. The van der Waals surface area contributed by atoms with Crippen LogP contribution in [0, 0.1) is 36.0 Å². The number of ether oxygens (including phenoxy) is 3. The molecule has 0 aliphatic carbocycles. The van der Waals surface area contributed by atoms with Crippen LogP contribution in [0.5, 0.6) is 23.0 Å². The number of rotatable bonds is 6. The molecule has 0 bridgehead atoms. The highest BCUT2D eigenvalue weighted by molar-refractivity contribution is 5.79. The molecule has 5 nitrogen and oxygen atoms in total. The number of hydrogen-bond acceptors (Lipinski definition) is 5. The lowest BCUT2D eigenvalue weighted by Crippen LogP contribution is -2.10. The number of methoxy groups -OCH3 is 1. The second-order valence-electron chi connectivity index (χ2n) is 7.09. The lowest BCUT2D eigenvalue weighted by Gasteiger charge is -2.12. The molecule has 1 aromatic heterocycles. The van der Waals surface area contributed by atoms with Gasteiger partial charge in [0.2, 0.25) is 17.0 Å². The number of halogens is 5. The molecule has 176 valence electrons. The van der Waals surface area contributed by atoms with Crippen molar-refractivity contribution in [3.05, 3.63) is 93.1 Å². The first-order chi connectivity index (χ1) is 16.2. The molecule has 0 spiro atoms. The van der Waals surface area contributed by atoms with E-state index in [1.54, 1.807) is 24.3 Å². The highest BCUT2D eigenvalue weighted by atomic mass is 19.2. The maximum Gasteiger partial charge on any atom is 0.235 e. The standard InChI is InChI=1S/C24H15F5O5/c1-11-24(34-13-5-3-12(31-2)4-6-13)23(30)15-8-7-14(9-17(15)33-11)32-10-16-18(25)20(27)22(29)21(28)19(16)26/h3-9H,10H2,1-2H3. The molecule has 0 N–H and O–H groups in total. The minimum absolute atomic E-state index is 0.0252. The summed E-state index contributed by atoms with van der Waals surface area (Å²) in [4.78, 5) is 12.9. The Balaban J connectivity index is 1.62. The Bertz CT molecular complexity index is 1420. The molecule has 0 saturated carbocycles. The molecule has 0 fully saturated rings. The van der Waals surface area contributed by atoms with Crippen LogP contribution in [0.3, 0.4) is 0 Å². The summed E-state index contributed by atoms with van der Waals surface area (Å²) in [6.45, 7) is 0.557. The van der Waals surface area contributed by atoms with E-state index >= 15 is 0 Å². The van der Waals surface area contributed by atoms with Crippen molar-refractivity contribution in [1.82, 2.24) is 0 Å². The van der Waals surface area contributed by atoms with Crippen molar-refractivity contribution in [2.24, 2.45) is 0 Å². The van der Waals surface area contributed by atoms with E-state index in [1.165, 1.54) is 32.2 Å². The summed E-state index contributed by atoms with van der Waals surface area (Å²) in [7, 11) is 1.51. The van der Waals surface area contributed by atoms with Crippen LogP contribution < -0.4 is 19.6 Å². The van der Waals surface area contributed by atoms with Gasteiger partial charge in [-0.05, 0) is 43.3 Å². The zero-order chi connectivity index (χ0) is 24.6. The van der Waals surface area contributed by atoms with E-state index in [9.17, 15) is 26.7 Å². The molecule has 0 saturated heterocycles. The summed E-state index contributed by atoms with van der Waals surface area (Å²) >= 11 is 0. The summed E-state index contributed by atoms with van der Waals surface area (Å²) in [5.74, 6) is -9.31. The maximum atomic E-state index is 13.8. The molecule has 3 aromatic carbocycles. The van der Waals surface area contributed by atoms with Crippen LogP contribution in [0.2, 0.25) is 0 Å². The Morgan fingerprint density at radius 3 is 1.97 bits per heavy atom. The summed E-state index contributed by atoms with van der Waals surface area (Å²) in [6, 6.07) is 10.4. The summed E-state index contributed by atoms with van der Waals surface area (Å²) in [5.41, 5.74) is -1.54. The lowest BCUT2D eigenvalue weighted by molar-refractivity contribution is 0.279. The molecular weight excluding hydrogens is 463 g/mol. The van der Waals surface area contributed by atoms with E-state index in [4.69, 9.17) is 18.6 Å². The van der Waals surface area contributed by atoms with Gasteiger partial charge in [-0.15, -0.1) is 0 Å². The van der Waals surface area contributed by atoms with Gasteiger partial charge in [-0.2, -0.15) is 0 Å². The Labute approximate surface area is 188 Å². The monoisotopic (exact) mass is 478 g/mol. The quantitative estimate of drug-likeness (QED) is 0.188. The van der Waals surface area contributed by atoms with E-state index in [-0.39, 0.29) is 28.2 Å². The molecule has 10 heteroatoms. The van der Waals surface area contributed by atoms with Gasteiger partial charge in [-0.3, -0.25) is 4.79 Å². The predicted molar refractivity (Wildman–Crippen MR) is 111 cm³/mol. The summed E-state index contributed by atoms with van der Waals surface area (Å²) in [5, 5.41) is 0.123. The van der Waals surface area contributed by atoms with E-state index in [1.807, 2.05) is 0 Å². The fraction of sp³-hybridized carbons (Fsp3) is 0.125. The molecule has 0 amide bonds. The molecule has 0 unspecified atom stereocenters. The average molecular weight is 478 g/mol. The molecule has 4 aromatic rings. The number of fused-ring (bicyclic) bond motifs is 1. The van der Waals surface area contributed by atoms with Gasteiger partial charge in [-0.25, -0.2) is 22.0 Å². The molecule has 34 heavy (non-hydrogen) atoms. The van der Waals surface area contributed by atoms with Gasteiger partial charge in [0.15, 0.2) is 23.3 Å². The minimum Gasteiger partial charge on any atom is -0.497 e.